The van der Waals surface area contributed by atoms with Crippen LogP contribution in [0.5, 0.6) is 5.75 Å². The Bertz CT molecular complexity index is 1380. The molecule has 1 heterocycles. The quantitative estimate of drug-likeness (QED) is 0.538. The van der Waals surface area contributed by atoms with E-state index in [0.717, 1.165) is 0 Å². The Kier molecular flexibility index (Phi) is 6.78. The highest BCUT2D eigenvalue weighted by Crippen LogP contribution is 2.27. The van der Waals surface area contributed by atoms with Gasteiger partial charge in [-0.1, -0.05) is 12.1 Å². The van der Waals surface area contributed by atoms with E-state index >= 15 is 4.39 Å². The summed E-state index contributed by atoms with van der Waals surface area (Å²) >= 11 is 0. The maximum Gasteiger partial charge on any atom is 0.414 e. The standard InChI is InChI=1S/C23H25FN2O6S/c1-13(2)33(29,30)25-19-8-6-7-15(21(19)24)11-18-14(3)17-10-9-16(31-23(28)26(4)5)12-20(17)32-22(18)27/h6-10,12-13,25H,11H2,1-5H3. The first kappa shape index (κ1) is 24.2. The number of rotatable bonds is 6. The number of carbonyl (C=O) groups is 1. The van der Waals surface area contributed by atoms with Gasteiger partial charge < -0.3 is 14.1 Å². The van der Waals surface area contributed by atoms with Crippen LogP contribution in [-0.2, 0) is 16.4 Å². The molecule has 3 rings (SSSR count). The Labute approximate surface area is 191 Å². The zero-order valence-corrected chi connectivity index (χ0v) is 19.7. The molecular formula is C23H25FN2O6S. The van der Waals surface area contributed by atoms with Crippen LogP contribution in [0.3, 0.4) is 0 Å². The fraction of sp³-hybridized carbons (Fsp3) is 0.304. The number of hydrogen-bond acceptors (Lipinski definition) is 6. The first-order valence-electron chi connectivity index (χ1n) is 10.1. The molecule has 0 radical (unpaired) electrons. The number of hydrogen-bond donors (Lipinski definition) is 1. The molecule has 0 fully saturated rings. The van der Waals surface area contributed by atoms with Crippen LogP contribution < -0.4 is 15.1 Å². The first-order chi connectivity index (χ1) is 15.4. The normalized spacial score (nSPS) is 11.6. The molecule has 0 aliphatic rings. The number of sulfonamides is 1. The van der Waals surface area contributed by atoms with Crippen molar-refractivity contribution >= 4 is 32.8 Å². The maximum absolute atomic E-state index is 15.1. The molecule has 3 aromatic rings. The minimum atomic E-state index is -3.74. The van der Waals surface area contributed by atoms with Crippen molar-refractivity contribution in [3.8, 4) is 5.75 Å². The molecule has 176 valence electrons. The molecule has 33 heavy (non-hydrogen) atoms. The third kappa shape index (κ3) is 5.16. The Morgan fingerprint density at radius 1 is 1.21 bits per heavy atom. The van der Waals surface area contributed by atoms with Gasteiger partial charge in [0.25, 0.3) is 0 Å². The van der Waals surface area contributed by atoms with Crippen molar-refractivity contribution in [2.75, 3.05) is 18.8 Å². The van der Waals surface area contributed by atoms with E-state index in [1.54, 1.807) is 33.2 Å². The molecule has 0 atom stereocenters. The second-order valence-electron chi connectivity index (χ2n) is 8.06. The Morgan fingerprint density at radius 2 is 1.91 bits per heavy atom. The van der Waals surface area contributed by atoms with Gasteiger partial charge in [0.1, 0.15) is 11.3 Å². The predicted molar refractivity (Wildman–Crippen MR) is 124 cm³/mol. The summed E-state index contributed by atoms with van der Waals surface area (Å²) in [7, 11) is -0.649. The smallest absolute Gasteiger partial charge is 0.414 e. The van der Waals surface area contributed by atoms with Crippen molar-refractivity contribution < 1.29 is 26.8 Å². The van der Waals surface area contributed by atoms with Crippen LogP contribution in [-0.4, -0.2) is 38.8 Å². The number of nitrogens with zero attached hydrogens (tertiary/aromatic N) is 1. The number of fused-ring (bicyclic) bond motifs is 1. The molecule has 0 saturated carbocycles. The van der Waals surface area contributed by atoms with E-state index in [-0.39, 0.29) is 34.6 Å². The number of nitrogens with one attached hydrogen (secondary N) is 1. The van der Waals surface area contributed by atoms with Crippen LogP contribution in [0, 0.1) is 12.7 Å². The summed E-state index contributed by atoms with van der Waals surface area (Å²) in [5.74, 6) is -0.542. The zero-order chi connectivity index (χ0) is 24.5. The monoisotopic (exact) mass is 476 g/mol. The van der Waals surface area contributed by atoms with Gasteiger partial charge >= 0.3 is 11.7 Å². The van der Waals surface area contributed by atoms with Gasteiger partial charge in [0.15, 0.2) is 5.82 Å². The molecule has 0 spiro atoms. The summed E-state index contributed by atoms with van der Waals surface area (Å²) in [5, 5.41) is -0.136. The lowest BCUT2D eigenvalue weighted by molar-refractivity contribution is 0.172. The molecule has 10 heteroatoms. The highest BCUT2D eigenvalue weighted by molar-refractivity contribution is 7.93. The van der Waals surface area contributed by atoms with E-state index in [2.05, 4.69) is 4.72 Å². The van der Waals surface area contributed by atoms with E-state index in [4.69, 9.17) is 9.15 Å². The summed E-state index contributed by atoms with van der Waals surface area (Å²) in [6.45, 7) is 4.69. The van der Waals surface area contributed by atoms with Crippen LogP contribution in [0.25, 0.3) is 11.0 Å². The lowest BCUT2D eigenvalue weighted by Crippen LogP contribution is -2.25. The molecule has 1 amide bonds. The summed E-state index contributed by atoms with van der Waals surface area (Å²) in [5.41, 5.74) is 0.345. The van der Waals surface area contributed by atoms with E-state index in [0.29, 0.717) is 10.9 Å². The Balaban J connectivity index is 1.98. The number of ether oxygens (including phenoxy) is 1. The molecule has 0 aliphatic carbocycles. The highest BCUT2D eigenvalue weighted by Gasteiger charge is 2.20. The fourth-order valence-corrected chi connectivity index (χ4v) is 3.79. The SMILES string of the molecule is Cc1c(Cc2cccc(NS(=O)(=O)C(C)C)c2F)c(=O)oc2cc(OC(=O)N(C)C)ccc12. The van der Waals surface area contributed by atoms with Crippen molar-refractivity contribution in [1.29, 1.82) is 0 Å². The van der Waals surface area contributed by atoms with Crippen molar-refractivity contribution in [2.24, 2.45) is 0 Å². The van der Waals surface area contributed by atoms with Crippen molar-refractivity contribution in [1.82, 2.24) is 4.90 Å². The molecule has 0 bridgehead atoms. The summed E-state index contributed by atoms with van der Waals surface area (Å²) in [6.07, 6.45) is -0.668. The van der Waals surface area contributed by atoms with Crippen LogP contribution >= 0.6 is 0 Å². The van der Waals surface area contributed by atoms with Gasteiger partial charge in [-0.2, -0.15) is 0 Å². The average Bonchev–Trinajstić information content (AvgIpc) is 2.73. The highest BCUT2D eigenvalue weighted by atomic mass is 32.2. The third-order valence-corrected chi connectivity index (χ3v) is 6.89. The van der Waals surface area contributed by atoms with Crippen LogP contribution in [0.2, 0.25) is 0 Å². The molecule has 0 saturated heterocycles. The number of benzene rings is 2. The molecule has 1 aromatic heterocycles. The van der Waals surface area contributed by atoms with E-state index in [1.165, 1.54) is 43.0 Å². The second kappa shape index (κ2) is 9.22. The van der Waals surface area contributed by atoms with Crippen LogP contribution in [0.15, 0.2) is 45.6 Å². The number of aryl methyl sites for hydroxylation is 1. The van der Waals surface area contributed by atoms with Crippen molar-refractivity contribution in [3.63, 3.8) is 0 Å². The maximum atomic E-state index is 15.1. The van der Waals surface area contributed by atoms with Crippen LogP contribution in [0.4, 0.5) is 14.9 Å². The molecule has 0 aliphatic heterocycles. The molecule has 1 N–H and O–H groups in total. The first-order valence-corrected chi connectivity index (χ1v) is 11.7. The second-order valence-corrected chi connectivity index (χ2v) is 10.3. The molecular weight excluding hydrogens is 451 g/mol. The van der Waals surface area contributed by atoms with Crippen molar-refractivity contribution in [2.45, 2.75) is 32.4 Å². The summed E-state index contributed by atoms with van der Waals surface area (Å²) in [4.78, 5) is 25.7. The predicted octanol–water partition coefficient (Wildman–Crippen LogP) is 4.04. The molecule has 2 aromatic carbocycles. The van der Waals surface area contributed by atoms with Gasteiger partial charge in [-0.25, -0.2) is 22.4 Å². The van der Waals surface area contributed by atoms with Crippen molar-refractivity contribution in [3.05, 3.63) is 69.3 Å². The minimum absolute atomic E-state index is 0.0927. The Morgan fingerprint density at radius 3 is 2.55 bits per heavy atom. The largest absolute Gasteiger partial charge is 0.422 e. The Hall–Kier alpha value is -3.40. The molecule has 8 nitrogen and oxygen atoms in total. The van der Waals surface area contributed by atoms with Gasteiger partial charge in [0.2, 0.25) is 10.0 Å². The van der Waals surface area contributed by atoms with Crippen LogP contribution in [0.1, 0.15) is 30.5 Å². The minimum Gasteiger partial charge on any atom is -0.422 e. The number of halogens is 1. The number of carbonyl (C=O) groups excluding carboxylic acids is 1. The van der Waals surface area contributed by atoms with E-state index in [1.807, 2.05) is 0 Å². The number of anilines is 1. The van der Waals surface area contributed by atoms with Gasteiger partial charge in [0, 0.05) is 37.5 Å². The van der Waals surface area contributed by atoms with E-state index < -0.39 is 32.8 Å². The van der Waals surface area contributed by atoms with E-state index in [9.17, 15) is 18.0 Å². The topological polar surface area (TPSA) is 106 Å². The summed E-state index contributed by atoms with van der Waals surface area (Å²) in [6, 6.07) is 8.98. The van der Waals surface area contributed by atoms with Gasteiger partial charge in [-0.3, -0.25) is 4.72 Å². The number of amides is 1. The lowest BCUT2D eigenvalue weighted by Gasteiger charge is -2.14. The lowest BCUT2D eigenvalue weighted by atomic mass is 9.99. The zero-order valence-electron chi connectivity index (χ0n) is 18.9. The third-order valence-electron chi connectivity index (χ3n) is 5.15. The van der Waals surface area contributed by atoms with Gasteiger partial charge in [-0.15, -0.1) is 0 Å². The summed E-state index contributed by atoms with van der Waals surface area (Å²) < 4.78 is 52.2. The van der Waals surface area contributed by atoms with Gasteiger partial charge in [0.05, 0.1) is 10.9 Å². The van der Waals surface area contributed by atoms with Gasteiger partial charge in [-0.05, 0) is 50.1 Å². The fourth-order valence-electron chi connectivity index (χ4n) is 3.09. The average molecular weight is 477 g/mol. The molecule has 0 unspecified atom stereocenters.